The minimum Gasteiger partial charge on any atom is -0.345 e. The van der Waals surface area contributed by atoms with Gasteiger partial charge in [-0.05, 0) is 30.3 Å². The SMILES string of the molecule is Cl.Cl.O=C(NCc1ncccc1F)c1csc(-c2ccc3cc4ccccc4nc3c2)n1. The average molecular weight is 487 g/mol. The standard InChI is InChI=1S/C23H15FN4OS.2ClH/c24-17-5-3-9-25-20(17)12-26-22(29)21-13-30-23(28-21)16-8-7-15-10-14-4-1-2-6-18(14)27-19(15)11-16;;/h1-11,13H,12H2,(H,26,29);2*1H. The number of carbonyl (C=O) groups excluding carboxylic acids is 1. The summed E-state index contributed by atoms with van der Waals surface area (Å²) in [5.74, 6) is -0.819. The Morgan fingerprint density at radius 3 is 2.59 bits per heavy atom. The van der Waals surface area contributed by atoms with Crippen molar-refractivity contribution in [2.75, 3.05) is 0 Å². The molecule has 0 aliphatic carbocycles. The molecule has 1 N–H and O–H groups in total. The van der Waals surface area contributed by atoms with Crippen LogP contribution in [0.4, 0.5) is 4.39 Å². The molecule has 2 aromatic carbocycles. The van der Waals surface area contributed by atoms with Gasteiger partial charge in [-0.3, -0.25) is 9.78 Å². The molecule has 0 unspecified atom stereocenters. The highest BCUT2D eigenvalue weighted by molar-refractivity contribution is 7.13. The molecule has 0 fully saturated rings. The van der Waals surface area contributed by atoms with Gasteiger partial charge in [0.15, 0.2) is 0 Å². The van der Waals surface area contributed by atoms with Crippen molar-refractivity contribution in [2.45, 2.75) is 6.54 Å². The molecule has 5 nitrogen and oxygen atoms in total. The van der Waals surface area contributed by atoms with Gasteiger partial charge in [0.2, 0.25) is 0 Å². The zero-order chi connectivity index (χ0) is 20.5. The van der Waals surface area contributed by atoms with Gasteiger partial charge in [0.1, 0.15) is 16.5 Å². The minimum absolute atomic E-state index is 0. The van der Waals surface area contributed by atoms with Crippen molar-refractivity contribution >= 4 is 63.9 Å². The Hall–Kier alpha value is -3.13. The van der Waals surface area contributed by atoms with Crippen molar-refractivity contribution in [3.63, 3.8) is 0 Å². The topological polar surface area (TPSA) is 67.8 Å². The molecule has 5 aromatic rings. The monoisotopic (exact) mass is 486 g/mol. The number of benzene rings is 2. The van der Waals surface area contributed by atoms with Crippen molar-refractivity contribution < 1.29 is 9.18 Å². The van der Waals surface area contributed by atoms with Gasteiger partial charge < -0.3 is 5.32 Å². The third kappa shape index (κ3) is 4.70. The molecule has 3 heterocycles. The van der Waals surface area contributed by atoms with Gasteiger partial charge in [0.25, 0.3) is 5.91 Å². The molecule has 9 heteroatoms. The maximum Gasteiger partial charge on any atom is 0.271 e. The van der Waals surface area contributed by atoms with Crippen LogP contribution in [-0.2, 0) is 6.54 Å². The Morgan fingerprint density at radius 2 is 1.75 bits per heavy atom. The van der Waals surface area contributed by atoms with Crippen LogP contribution in [-0.4, -0.2) is 20.9 Å². The summed E-state index contributed by atoms with van der Waals surface area (Å²) in [5, 5.41) is 7.21. The Morgan fingerprint density at radius 1 is 0.938 bits per heavy atom. The maximum atomic E-state index is 13.7. The van der Waals surface area contributed by atoms with Gasteiger partial charge in [-0.2, -0.15) is 0 Å². The van der Waals surface area contributed by atoms with Crippen LogP contribution in [0.5, 0.6) is 0 Å². The molecule has 0 bridgehead atoms. The molecule has 0 radical (unpaired) electrons. The van der Waals surface area contributed by atoms with Crippen LogP contribution in [0, 0.1) is 5.82 Å². The predicted molar refractivity (Wildman–Crippen MR) is 130 cm³/mol. The molecule has 1 amide bonds. The van der Waals surface area contributed by atoms with E-state index in [0.717, 1.165) is 32.4 Å². The first-order valence-electron chi connectivity index (χ1n) is 9.30. The first-order chi connectivity index (χ1) is 14.7. The predicted octanol–water partition coefficient (Wildman–Crippen LogP) is 5.82. The lowest BCUT2D eigenvalue weighted by atomic mass is 10.1. The number of halogens is 3. The number of rotatable bonds is 4. The van der Waals surface area contributed by atoms with Crippen molar-refractivity contribution in [1.82, 2.24) is 20.3 Å². The summed E-state index contributed by atoms with van der Waals surface area (Å²) in [7, 11) is 0. The number of hydrogen-bond donors (Lipinski definition) is 1. The van der Waals surface area contributed by atoms with E-state index in [4.69, 9.17) is 4.98 Å². The molecule has 0 atom stereocenters. The summed E-state index contributed by atoms with van der Waals surface area (Å²) >= 11 is 1.38. The van der Waals surface area contributed by atoms with E-state index >= 15 is 0 Å². The van der Waals surface area contributed by atoms with Gasteiger partial charge in [-0.25, -0.2) is 14.4 Å². The first-order valence-corrected chi connectivity index (χ1v) is 10.2. The zero-order valence-electron chi connectivity index (χ0n) is 16.5. The number of thiazole rings is 1. The normalized spacial score (nSPS) is 10.4. The fourth-order valence-corrected chi connectivity index (χ4v) is 4.02. The van der Waals surface area contributed by atoms with Gasteiger partial charge in [-0.1, -0.05) is 30.3 Å². The molecule has 0 saturated heterocycles. The van der Waals surface area contributed by atoms with Crippen molar-refractivity contribution in [3.8, 4) is 10.6 Å². The zero-order valence-corrected chi connectivity index (χ0v) is 18.9. The number of pyridine rings is 2. The smallest absolute Gasteiger partial charge is 0.271 e. The second kappa shape index (κ2) is 9.99. The molecular formula is C23H17Cl2FN4OS. The number of nitrogens with zero attached hydrogens (tertiary/aromatic N) is 3. The molecule has 0 aliphatic rings. The summed E-state index contributed by atoms with van der Waals surface area (Å²) in [5.41, 5.74) is 3.18. The number of carbonyl (C=O) groups is 1. The van der Waals surface area contributed by atoms with Crippen LogP contribution in [0.1, 0.15) is 16.2 Å². The van der Waals surface area contributed by atoms with Crippen LogP contribution >= 0.6 is 36.2 Å². The molecule has 162 valence electrons. The third-order valence-electron chi connectivity index (χ3n) is 4.75. The summed E-state index contributed by atoms with van der Waals surface area (Å²) in [4.78, 5) is 25.5. The Kier molecular flexibility index (Phi) is 7.35. The van der Waals surface area contributed by atoms with E-state index < -0.39 is 5.82 Å². The lowest BCUT2D eigenvalue weighted by molar-refractivity contribution is 0.0946. The number of hydrogen-bond acceptors (Lipinski definition) is 5. The number of fused-ring (bicyclic) bond motifs is 2. The Labute approximate surface area is 199 Å². The van der Waals surface area contributed by atoms with E-state index in [1.807, 2.05) is 42.5 Å². The quantitative estimate of drug-likeness (QED) is 0.325. The minimum atomic E-state index is -0.451. The molecule has 0 saturated carbocycles. The lowest BCUT2D eigenvalue weighted by Gasteiger charge is -2.04. The molecule has 32 heavy (non-hydrogen) atoms. The largest absolute Gasteiger partial charge is 0.345 e. The second-order valence-electron chi connectivity index (χ2n) is 6.74. The van der Waals surface area contributed by atoms with Crippen molar-refractivity contribution in [3.05, 3.63) is 89.4 Å². The highest BCUT2D eigenvalue weighted by atomic mass is 35.5. The van der Waals surface area contributed by atoms with Gasteiger partial charge in [-0.15, -0.1) is 36.2 Å². The highest BCUT2D eigenvalue weighted by Gasteiger charge is 2.13. The van der Waals surface area contributed by atoms with Gasteiger partial charge in [0, 0.05) is 27.9 Å². The second-order valence-corrected chi connectivity index (χ2v) is 7.60. The number of aromatic nitrogens is 3. The summed E-state index contributed by atoms with van der Waals surface area (Å²) in [6.07, 6.45) is 1.49. The fraction of sp³-hybridized carbons (Fsp3) is 0.0435. The molecule has 0 aliphatic heterocycles. The molecule has 5 rings (SSSR count). The van der Waals surface area contributed by atoms with Gasteiger partial charge >= 0.3 is 0 Å². The summed E-state index contributed by atoms with van der Waals surface area (Å²) < 4.78 is 13.7. The highest BCUT2D eigenvalue weighted by Crippen LogP contribution is 2.28. The number of nitrogens with one attached hydrogen (secondary N) is 1. The molecule has 3 aromatic heterocycles. The van der Waals surface area contributed by atoms with E-state index in [-0.39, 0.29) is 48.7 Å². The number of para-hydroxylation sites is 1. The molecule has 0 spiro atoms. The van der Waals surface area contributed by atoms with Crippen molar-refractivity contribution in [1.29, 1.82) is 0 Å². The number of amides is 1. The Balaban J connectivity index is 0.00000144. The van der Waals surface area contributed by atoms with Crippen LogP contribution in [0.15, 0.2) is 72.2 Å². The van der Waals surface area contributed by atoms with Crippen LogP contribution < -0.4 is 5.32 Å². The average Bonchev–Trinajstić information content (AvgIpc) is 3.27. The van der Waals surface area contributed by atoms with E-state index in [9.17, 15) is 9.18 Å². The molecular weight excluding hydrogens is 470 g/mol. The van der Waals surface area contributed by atoms with Crippen LogP contribution in [0.3, 0.4) is 0 Å². The van der Waals surface area contributed by atoms with Crippen molar-refractivity contribution in [2.24, 2.45) is 0 Å². The summed E-state index contributed by atoms with van der Waals surface area (Å²) in [6.45, 7) is 0.00529. The lowest BCUT2D eigenvalue weighted by Crippen LogP contribution is -2.24. The first kappa shape index (κ1) is 23.5. The van der Waals surface area contributed by atoms with E-state index in [1.165, 1.54) is 29.7 Å². The van der Waals surface area contributed by atoms with Crippen LogP contribution in [0.25, 0.3) is 32.4 Å². The van der Waals surface area contributed by atoms with E-state index in [2.05, 4.69) is 21.4 Å². The Bertz CT molecular complexity index is 1410. The summed E-state index contributed by atoms with van der Waals surface area (Å²) in [6, 6.07) is 18.9. The van der Waals surface area contributed by atoms with E-state index in [1.54, 1.807) is 5.38 Å². The van der Waals surface area contributed by atoms with Gasteiger partial charge in [0.05, 0.1) is 23.3 Å². The van der Waals surface area contributed by atoms with Crippen LogP contribution in [0.2, 0.25) is 0 Å². The third-order valence-corrected chi connectivity index (χ3v) is 5.65. The fourth-order valence-electron chi connectivity index (χ4n) is 3.22. The van der Waals surface area contributed by atoms with E-state index in [0.29, 0.717) is 0 Å². The maximum absolute atomic E-state index is 13.7.